The summed E-state index contributed by atoms with van der Waals surface area (Å²) in [5.74, 6) is -0.300. The highest BCUT2D eigenvalue weighted by Crippen LogP contribution is 2.36. The molecule has 15 heteroatoms. The number of rotatable bonds is 9. The molecule has 0 saturated carbocycles. The zero-order chi connectivity index (χ0) is 28.7. The molecule has 2 bridgehead atoms. The van der Waals surface area contributed by atoms with Gasteiger partial charge in [0.05, 0.1) is 17.6 Å². The Bertz CT molecular complexity index is 1420. The number of hydrazine groups is 1. The maximum absolute atomic E-state index is 13.4. The van der Waals surface area contributed by atoms with Gasteiger partial charge in [0.25, 0.3) is 5.91 Å². The Kier molecular flexibility index (Phi) is 7.83. The molecule has 0 aliphatic carbocycles. The van der Waals surface area contributed by atoms with E-state index in [0.29, 0.717) is 22.6 Å². The number of hydrogen-bond donors (Lipinski definition) is 3. The first-order valence-corrected chi connectivity index (χ1v) is 14.5. The van der Waals surface area contributed by atoms with E-state index in [4.69, 9.17) is 22.1 Å². The number of amides is 1. The smallest absolute Gasteiger partial charge is 0.387 e. The van der Waals surface area contributed by atoms with Crippen LogP contribution in [-0.2, 0) is 0 Å². The third kappa shape index (κ3) is 5.88. The molecule has 5 heterocycles. The highest BCUT2D eigenvalue weighted by Gasteiger charge is 2.44. The molecule has 0 radical (unpaired) electrons. The molecule has 3 saturated heterocycles. The van der Waals surface area contributed by atoms with E-state index in [-0.39, 0.29) is 28.2 Å². The molecular weight excluding hydrogens is 576 g/mol. The normalized spacial score (nSPS) is 21.5. The van der Waals surface area contributed by atoms with E-state index in [1.54, 1.807) is 23.6 Å². The van der Waals surface area contributed by atoms with Gasteiger partial charge in [-0.05, 0) is 37.0 Å². The van der Waals surface area contributed by atoms with Crippen molar-refractivity contribution in [2.24, 2.45) is 5.73 Å². The average molecular weight is 606 g/mol. The van der Waals surface area contributed by atoms with Gasteiger partial charge in [-0.3, -0.25) is 4.79 Å². The number of alkyl halides is 2. The largest absolute Gasteiger partial charge is 0.433 e. The van der Waals surface area contributed by atoms with Crippen LogP contribution in [0.1, 0.15) is 16.1 Å². The molecule has 3 aliphatic rings. The molecule has 6 rings (SSSR count). The Labute approximate surface area is 244 Å². The molecule has 2 aromatic heterocycles. The van der Waals surface area contributed by atoms with Crippen molar-refractivity contribution in [3.8, 4) is 5.75 Å². The van der Waals surface area contributed by atoms with Crippen molar-refractivity contribution in [3.05, 3.63) is 45.7 Å². The number of nitrogens with zero attached hydrogens (tertiary/aromatic N) is 6. The number of anilines is 5. The predicted molar refractivity (Wildman–Crippen MR) is 155 cm³/mol. The first-order valence-electron chi connectivity index (χ1n) is 13.2. The van der Waals surface area contributed by atoms with Crippen LogP contribution in [0, 0.1) is 0 Å². The van der Waals surface area contributed by atoms with Crippen molar-refractivity contribution in [1.29, 1.82) is 0 Å². The maximum Gasteiger partial charge on any atom is 0.387 e. The first-order chi connectivity index (χ1) is 19.7. The summed E-state index contributed by atoms with van der Waals surface area (Å²) < 4.78 is 31.7. The Morgan fingerprint density at radius 1 is 1.15 bits per heavy atom. The van der Waals surface area contributed by atoms with Crippen LogP contribution in [0.25, 0.3) is 0 Å². The van der Waals surface area contributed by atoms with Crippen LogP contribution in [0.2, 0.25) is 5.02 Å². The van der Waals surface area contributed by atoms with Crippen molar-refractivity contribution < 1.29 is 18.3 Å². The van der Waals surface area contributed by atoms with E-state index >= 15 is 0 Å². The van der Waals surface area contributed by atoms with Crippen molar-refractivity contribution in [3.63, 3.8) is 0 Å². The average Bonchev–Trinajstić information content (AvgIpc) is 3.67. The molecule has 3 aromatic rings. The number of aromatic nitrogens is 2. The lowest BCUT2D eigenvalue weighted by Gasteiger charge is -2.44. The van der Waals surface area contributed by atoms with E-state index in [0.717, 1.165) is 45.0 Å². The third-order valence-electron chi connectivity index (χ3n) is 7.78. The minimum absolute atomic E-state index is 0.0262. The molecule has 1 aromatic carbocycles. The lowest BCUT2D eigenvalue weighted by atomic mass is 10.2. The van der Waals surface area contributed by atoms with E-state index < -0.39 is 12.5 Å². The Hall–Kier alpha value is -3.30. The second kappa shape index (κ2) is 11.5. The highest BCUT2D eigenvalue weighted by atomic mass is 35.5. The molecule has 3 aliphatic heterocycles. The molecule has 3 fully saturated rings. The van der Waals surface area contributed by atoms with Gasteiger partial charge >= 0.3 is 6.61 Å². The number of fused-ring (bicyclic) bond motifs is 2. The van der Waals surface area contributed by atoms with Crippen LogP contribution in [-0.4, -0.2) is 95.8 Å². The van der Waals surface area contributed by atoms with Gasteiger partial charge in [0.1, 0.15) is 9.90 Å². The number of nitrogens with one attached hydrogen (secondary N) is 2. The van der Waals surface area contributed by atoms with Crippen molar-refractivity contribution in [2.75, 3.05) is 61.8 Å². The van der Waals surface area contributed by atoms with Gasteiger partial charge in [0.2, 0.25) is 5.95 Å². The SMILES string of the molecule is CN1C[C@H]2C[C@@H]1CN2N1CCN(c2ccc(Nc3ncc(Cl)c(Nc4ccsc4C(N)=O)n3)c(OC(F)F)c2)CC1. The van der Waals surface area contributed by atoms with Gasteiger partial charge in [-0.15, -0.1) is 11.3 Å². The minimum atomic E-state index is -3.01. The zero-order valence-electron chi connectivity index (χ0n) is 22.3. The molecule has 41 heavy (non-hydrogen) atoms. The van der Waals surface area contributed by atoms with Crippen molar-refractivity contribution in [1.82, 2.24) is 24.9 Å². The summed E-state index contributed by atoms with van der Waals surface area (Å²) in [6.07, 6.45) is 2.58. The highest BCUT2D eigenvalue weighted by molar-refractivity contribution is 7.12. The summed E-state index contributed by atoms with van der Waals surface area (Å²) in [7, 11) is 2.19. The maximum atomic E-state index is 13.4. The van der Waals surface area contributed by atoms with E-state index in [1.807, 2.05) is 6.07 Å². The monoisotopic (exact) mass is 605 g/mol. The molecule has 0 spiro atoms. The number of halogens is 3. The van der Waals surface area contributed by atoms with Crippen LogP contribution in [0.15, 0.2) is 35.8 Å². The standard InChI is InChI=1S/C26H30ClF2N9O2S/c1-35-13-17-10-16(35)14-38(17)37-7-5-36(6-8-37)15-2-3-19(21(11-15)40-25(28)29)33-26-31-12-18(27)24(34-26)32-20-4-9-41-22(20)23(30)39/h2-4,9,11-12,16-17,25H,5-8,10,13-14H2,1H3,(H2,30,39)(H2,31,32,33,34)/t16-,17-/m1/s1. The molecule has 1 amide bonds. The quantitative estimate of drug-likeness (QED) is 0.333. The molecule has 0 unspecified atom stereocenters. The summed E-state index contributed by atoms with van der Waals surface area (Å²) in [5, 5.41) is 12.8. The van der Waals surface area contributed by atoms with Gasteiger partial charge in [0, 0.05) is 63.1 Å². The fraction of sp³-hybridized carbons (Fsp3) is 0.423. The van der Waals surface area contributed by atoms with Crippen LogP contribution < -0.4 is 26.0 Å². The second-order valence-corrected chi connectivity index (χ2v) is 11.6. The van der Waals surface area contributed by atoms with Crippen molar-refractivity contribution in [2.45, 2.75) is 25.1 Å². The number of benzene rings is 1. The van der Waals surface area contributed by atoms with E-state index in [1.165, 1.54) is 24.0 Å². The van der Waals surface area contributed by atoms with Crippen LogP contribution in [0.3, 0.4) is 0 Å². The van der Waals surface area contributed by atoms with Gasteiger partial charge in [-0.1, -0.05) is 11.6 Å². The van der Waals surface area contributed by atoms with Crippen LogP contribution >= 0.6 is 22.9 Å². The summed E-state index contributed by atoms with van der Waals surface area (Å²) in [6, 6.07) is 8.03. The molecule has 4 N–H and O–H groups in total. The predicted octanol–water partition coefficient (Wildman–Crippen LogP) is 3.80. The number of likely N-dealkylation sites (tertiary alicyclic amines) is 1. The lowest BCUT2D eigenvalue weighted by molar-refractivity contribution is -0.0634. The number of carbonyl (C=O) groups excluding carboxylic acids is 1. The van der Waals surface area contributed by atoms with Gasteiger partial charge in [0.15, 0.2) is 11.6 Å². The summed E-state index contributed by atoms with van der Waals surface area (Å²) in [5.41, 5.74) is 6.94. The Balaban J connectivity index is 1.15. The number of thiophene rings is 1. The Morgan fingerprint density at radius 3 is 2.63 bits per heavy atom. The molecular formula is C26H30ClF2N9O2S. The second-order valence-electron chi connectivity index (χ2n) is 10.3. The van der Waals surface area contributed by atoms with Gasteiger partial charge in [-0.2, -0.15) is 13.8 Å². The molecule has 11 nitrogen and oxygen atoms in total. The summed E-state index contributed by atoms with van der Waals surface area (Å²) in [6.45, 7) is 2.44. The van der Waals surface area contributed by atoms with E-state index in [9.17, 15) is 13.6 Å². The minimum Gasteiger partial charge on any atom is -0.433 e. The number of hydrogen-bond acceptors (Lipinski definition) is 11. The summed E-state index contributed by atoms with van der Waals surface area (Å²) in [4.78, 5) is 25.1. The fourth-order valence-electron chi connectivity index (χ4n) is 5.77. The first kappa shape index (κ1) is 27.8. The molecule has 218 valence electrons. The van der Waals surface area contributed by atoms with E-state index in [2.05, 4.69) is 47.5 Å². The van der Waals surface area contributed by atoms with Crippen molar-refractivity contribution >= 4 is 57.7 Å². The fourth-order valence-corrected chi connectivity index (χ4v) is 6.61. The number of nitrogens with two attached hydrogens (primary N) is 1. The van der Waals surface area contributed by atoms with Gasteiger partial charge in [-0.25, -0.2) is 15.0 Å². The van der Waals surface area contributed by atoms with Crippen LogP contribution in [0.5, 0.6) is 5.75 Å². The third-order valence-corrected chi connectivity index (χ3v) is 8.99. The number of primary amides is 1. The topological polar surface area (TPSA) is 115 Å². The zero-order valence-corrected chi connectivity index (χ0v) is 23.8. The van der Waals surface area contributed by atoms with Crippen LogP contribution in [0.4, 0.5) is 37.6 Å². The number of likely N-dealkylation sites (N-methyl/N-ethyl adjacent to an activating group) is 1. The number of ether oxygens (including phenoxy) is 1. The lowest BCUT2D eigenvalue weighted by Crippen LogP contribution is -2.58. The number of carbonyl (C=O) groups is 1. The molecule has 2 atom stereocenters. The number of piperazine rings is 2. The van der Waals surface area contributed by atoms with Gasteiger partial charge < -0.3 is 30.9 Å². The summed E-state index contributed by atoms with van der Waals surface area (Å²) >= 11 is 7.45. The Morgan fingerprint density at radius 2 is 1.95 bits per heavy atom.